The molecule has 5 heteroatoms. The van der Waals surface area contributed by atoms with Crippen LogP contribution >= 0.6 is 24.0 Å². The van der Waals surface area contributed by atoms with Gasteiger partial charge in [-0.1, -0.05) is 12.2 Å². The van der Waals surface area contributed by atoms with Crippen molar-refractivity contribution in [3.05, 3.63) is 29.6 Å². The van der Waals surface area contributed by atoms with Gasteiger partial charge >= 0.3 is 0 Å². The van der Waals surface area contributed by atoms with E-state index in [4.69, 9.17) is 18.0 Å². The molecule has 0 bridgehead atoms. The number of hydrogen-bond donors (Lipinski definition) is 1. The zero-order valence-corrected chi connectivity index (χ0v) is 12.1. The lowest BCUT2D eigenvalue weighted by molar-refractivity contribution is 0.269. The molecule has 2 N–H and O–H groups in total. The summed E-state index contributed by atoms with van der Waals surface area (Å²) in [6, 6.07) is 4.51. The van der Waals surface area contributed by atoms with Crippen LogP contribution in [0.15, 0.2) is 18.3 Å². The van der Waals surface area contributed by atoms with E-state index in [1.54, 1.807) is 6.20 Å². The van der Waals surface area contributed by atoms with Crippen molar-refractivity contribution in [2.24, 2.45) is 5.73 Å². The van der Waals surface area contributed by atoms with Crippen LogP contribution in [0.3, 0.4) is 0 Å². The fraction of sp³-hybridized carbons (Fsp3) is 0.500. The molecule has 17 heavy (non-hydrogen) atoms. The van der Waals surface area contributed by atoms with Crippen LogP contribution in [0.2, 0.25) is 0 Å². The van der Waals surface area contributed by atoms with Crippen LogP contribution in [0.25, 0.3) is 0 Å². The number of thiocarbonyl (C=S) groups is 1. The van der Waals surface area contributed by atoms with Crippen LogP contribution in [0, 0.1) is 0 Å². The zero-order valence-electron chi connectivity index (χ0n) is 10.5. The van der Waals surface area contributed by atoms with Crippen LogP contribution < -0.4 is 5.73 Å². The van der Waals surface area contributed by atoms with E-state index in [2.05, 4.69) is 30.1 Å². The molecule has 0 amide bonds. The topological polar surface area (TPSA) is 42.2 Å². The Kier molecular flexibility index (Phi) is 5.88. The van der Waals surface area contributed by atoms with E-state index in [9.17, 15) is 0 Å². The first-order valence-corrected chi connectivity index (χ1v) is 7.28. The van der Waals surface area contributed by atoms with E-state index in [0.717, 1.165) is 12.3 Å². The second-order valence-electron chi connectivity index (χ2n) is 4.13. The summed E-state index contributed by atoms with van der Waals surface area (Å²) in [5.74, 6) is 1.13. The second kappa shape index (κ2) is 6.93. The van der Waals surface area contributed by atoms with Crippen molar-refractivity contribution in [1.29, 1.82) is 0 Å². The van der Waals surface area contributed by atoms with Gasteiger partial charge in [0.25, 0.3) is 0 Å². The summed E-state index contributed by atoms with van der Waals surface area (Å²) in [6.07, 6.45) is 3.89. The minimum Gasteiger partial charge on any atom is -0.388 e. The Bertz CT molecular complexity index is 382. The van der Waals surface area contributed by atoms with Crippen molar-refractivity contribution in [3.8, 4) is 0 Å². The lowest BCUT2D eigenvalue weighted by Gasteiger charge is -2.24. The minimum absolute atomic E-state index is 0.353. The number of thioether (sulfide) groups is 1. The summed E-state index contributed by atoms with van der Waals surface area (Å²) in [7, 11) is 2.13. The molecule has 0 aliphatic heterocycles. The largest absolute Gasteiger partial charge is 0.388 e. The molecule has 94 valence electrons. The van der Waals surface area contributed by atoms with E-state index in [-0.39, 0.29) is 0 Å². The maximum absolute atomic E-state index is 5.57. The van der Waals surface area contributed by atoms with Crippen LogP contribution in [0.5, 0.6) is 0 Å². The number of pyridine rings is 1. The third-order valence-corrected chi connectivity index (χ3v) is 3.69. The summed E-state index contributed by atoms with van der Waals surface area (Å²) >= 11 is 6.79. The molecule has 0 aromatic carbocycles. The van der Waals surface area contributed by atoms with E-state index in [1.807, 2.05) is 23.9 Å². The summed E-state index contributed by atoms with van der Waals surface area (Å²) in [5.41, 5.74) is 7.46. The standard InChI is InChI=1S/C12H19N3S2/c1-9(8-17-3)15(2)7-10-4-5-14-11(6-10)12(13)16/h4-6,9H,7-8H2,1-3H3,(H2,13,16). The molecule has 1 heterocycles. The van der Waals surface area contributed by atoms with E-state index >= 15 is 0 Å². The number of nitrogens with zero attached hydrogens (tertiary/aromatic N) is 2. The normalized spacial score (nSPS) is 12.7. The van der Waals surface area contributed by atoms with Crippen molar-refractivity contribution in [2.45, 2.75) is 19.5 Å². The van der Waals surface area contributed by atoms with Crippen molar-refractivity contribution in [3.63, 3.8) is 0 Å². The van der Waals surface area contributed by atoms with Gasteiger partial charge in [-0.25, -0.2) is 0 Å². The van der Waals surface area contributed by atoms with Crippen LogP contribution in [-0.4, -0.2) is 40.0 Å². The highest BCUT2D eigenvalue weighted by Gasteiger charge is 2.09. The van der Waals surface area contributed by atoms with Crippen molar-refractivity contribution < 1.29 is 0 Å². The van der Waals surface area contributed by atoms with Gasteiger partial charge in [0, 0.05) is 24.5 Å². The average molecular weight is 269 g/mol. The summed E-state index contributed by atoms with van der Waals surface area (Å²) in [4.78, 5) is 6.81. The van der Waals surface area contributed by atoms with Gasteiger partial charge in [-0.2, -0.15) is 11.8 Å². The van der Waals surface area contributed by atoms with Gasteiger partial charge in [-0.15, -0.1) is 0 Å². The fourth-order valence-corrected chi connectivity index (χ4v) is 2.37. The smallest absolute Gasteiger partial charge is 0.122 e. The van der Waals surface area contributed by atoms with Crippen molar-refractivity contribution >= 4 is 29.0 Å². The molecule has 0 saturated heterocycles. The van der Waals surface area contributed by atoms with Crippen molar-refractivity contribution in [2.75, 3.05) is 19.1 Å². The highest BCUT2D eigenvalue weighted by Crippen LogP contribution is 2.10. The van der Waals surface area contributed by atoms with Crippen LogP contribution in [0.4, 0.5) is 0 Å². The molecule has 1 aromatic rings. The quantitative estimate of drug-likeness (QED) is 0.799. The maximum atomic E-state index is 5.57. The van der Waals surface area contributed by atoms with Crippen LogP contribution in [-0.2, 0) is 6.54 Å². The van der Waals surface area contributed by atoms with Gasteiger partial charge in [0.15, 0.2) is 0 Å². The molecule has 0 spiro atoms. The Labute approximate surface area is 113 Å². The van der Waals surface area contributed by atoms with E-state index in [1.165, 1.54) is 5.56 Å². The van der Waals surface area contributed by atoms with Gasteiger partial charge < -0.3 is 5.73 Å². The van der Waals surface area contributed by atoms with Gasteiger partial charge in [0.2, 0.25) is 0 Å². The number of rotatable bonds is 6. The fourth-order valence-electron chi connectivity index (χ4n) is 1.52. The molecule has 0 radical (unpaired) electrons. The number of hydrogen-bond acceptors (Lipinski definition) is 4. The van der Waals surface area contributed by atoms with Crippen LogP contribution in [0.1, 0.15) is 18.2 Å². The number of nitrogens with two attached hydrogens (primary N) is 1. The lowest BCUT2D eigenvalue weighted by atomic mass is 10.2. The van der Waals surface area contributed by atoms with E-state index in [0.29, 0.717) is 16.7 Å². The molecular formula is C12H19N3S2. The summed E-state index contributed by atoms with van der Waals surface area (Å²) in [6.45, 7) is 3.12. The summed E-state index contributed by atoms with van der Waals surface area (Å²) in [5, 5.41) is 0. The molecule has 0 aliphatic rings. The van der Waals surface area contributed by atoms with E-state index < -0.39 is 0 Å². The monoisotopic (exact) mass is 269 g/mol. The predicted molar refractivity (Wildman–Crippen MR) is 79.4 cm³/mol. The first kappa shape index (κ1) is 14.4. The minimum atomic E-state index is 0.353. The molecule has 1 rings (SSSR count). The van der Waals surface area contributed by atoms with Gasteiger partial charge in [-0.05, 0) is 37.9 Å². The Morgan fingerprint density at radius 3 is 2.94 bits per heavy atom. The molecule has 1 atom stereocenters. The molecule has 0 saturated carbocycles. The Morgan fingerprint density at radius 1 is 1.65 bits per heavy atom. The summed E-state index contributed by atoms with van der Waals surface area (Å²) < 4.78 is 0. The molecule has 0 fully saturated rings. The highest BCUT2D eigenvalue weighted by atomic mass is 32.2. The van der Waals surface area contributed by atoms with Crippen molar-refractivity contribution in [1.82, 2.24) is 9.88 Å². The molecule has 1 aromatic heterocycles. The number of aromatic nitrogens is 1. The SMILES string of the molecule is CSCC(C)N(C)Cc1ccnc(C(N)=S)c1. The molecule has 3 nitrogen and oxygen atoms in total. The molecule has 1 unspecified atom stereocenters. The predicted octanol–water partition coefficient (Wildman–Crippen LogP) is 1.90. The Balaban J connectivity index is 2.68. The molecule has 0 aliphatic carbocycles. The third kappa shape index (κ3) is 4.61. The molecular weight excluding hydrogens is 250 g/mol. The average Bonchev–Trinajstić information content (AvgIpc) is 2.29. The maximum Gasteiger partial charge on any atom is 0.122 e. The Hall–Kier alpha value is -0.650. The van der Waals surface area contributed by atoms with Gasteiger partial charge in [0.05, 0.1) is 5.69 Å². The van der Waals surface area contributed by atoms with Gasteiger partial charge in [0.1, 0.15) is 4.99 Å². The second-order valence-corrected chi connectivity index (χ2v) is 5.48. The Morgan fingerprint density at radius 2 is 2.35 bits per heavy atom. The first-order chi connectivity index (χ1) is 8.04. The lowest BCUT2D eigenvalue weighted by Crippen LogP contribution is -2.30. The van der Waals surface area contributed by atoms with Gasteiger partial charge in [-0.3, -0.25) is 9.88 Å². The first-order valence-electron chi connectivity index (χ1n) is 5.48. The highest BCUT2D eigenvalue weighted by molar-refractivity contribution is 7.98. The zero-order chi connectivity index (χ0) is 12.8. The third-order valence-electron chi connectivity index (χ3n) is 2.67.